The zero-order valence-corrected chi connectivity index (χ0v) is 26.0. The molecule has 1 aromatic heterocycles. The highest BCUT2D eigenvalue weighted by molar-refractivity contribution is 14.1. The van der Waals surface area contributed by atoms with E-state index in [0.717, 1.165) is 11.1 Å². The molecule has 0 radical (unpaired) electrons. The predicted octanol–water partition coefficient (Wildman–Crippen LogP) is 4.86. The average molecular weight is 764 g/mol. The van der Waals surface area contributed by atoms with Crippen molar-refractivity contribution < 1.29 is 19.4 Å². The number of carbonyl (C=O) groups is 1. The summed E-state index contributed by atoms with van der Waals surface area (Å²) in [6.07, 6.45) is 1.78. The molecule has 10 heteroatoms. The van der Waals surface area contributed by atoms with E-state index in [4.69, 9.17) is 14.5 Å². The Morgan fingerprint density at radius 3 is 2.49 bits per heavy atom. The molecule has 1 atom stereocenters. The normalized spacial score (nSPS) is 15.1. The van der Waals surface area contributed by atoms with Crippen molar-refractivity contribution in [1.82, 2.24) is 4.57 Å². The highest BCUT2D eigenvalue weighted by Crippen LogP contribution is 2.36. The number of thiazole rings is 1. The first kappa shape index (κ1) is 27.6. The van der Waals surface area contributed by atoms with Gasteiger partial charge >= 0.3 is 5.97 Å². The Morgan fingerprint density at radius 2 is 1.82 bits per heavy atom. The molecule has 1 aliphatic rings. The Hall–Kier alpha value is -2.97. The number of carbonyl (C=O) groups excluding carboxylic acids is 1. The van der Waals surface area contributed by atoms with Crippen LogP contribution in [0.25, 0.3) is 11.8 Å². The smallest absolute Gasteiger partial charge is 0.338 e. The van der Waals surface area contributed by atoms with Gasteiger partial charge < -0.3 is 14.6 Å². The second kappa shape index (κ2) is 11.6. The van der Waals surface area contributed by atoms with Crippen molar-refractivity contribution in [3.8, 4) is 11.5 Å². The van der Waals surface area contributed by atoms with Crippen molar-refractivity contribution in [2.75, 3.05) is 13.7 Å². The molecule has 1 N–H and O–H groups in total. The number of ether oxygens (including phenoxy) is 2. The van der Waals surface area contributed by atoms with E-state index >= 15 is 0 Å². The van der Waals surface area contributed by atoms with Gasteiger partial charge in [0.25, 0.3) is 5.56 Å². The SMILES string of the molecule is CCOC(=O)C1=C(c2ccccc2)N=c2s/c(=C\c3cc(I)c(O)c(I)c3)c(=O)n2[C@@H]1c1cccc(OC)c1. The lowest BCUT2D eigenvalue weighted by molar-refractivity contribution is -0.138. The molecule has 0 aliphatic carbocycles. The lowest BCUT2D eigenvalue weighted by Crippen LogP contribution is -2.40. The standard InChI is InChI=1S/C29H22I2N2O5S/c1-3-38-28(36)23-24(17-8-5-4-6-9-17)32-29-33(25(23)18-10-7-11-19(15-18)37-2)27(35)22(39-29)14-16-12-20(30)26(34)21(31)13-16/h4-15,25,34H,3H2,1-2H3/b22-14-/t25-/m1/s1. The van der Waals surface area contributed by atoms with E-state index in [0.29, 0.717) is 33.5 Å². The number of benzene rings is 3. The van der Waals surface area contributed by atoms with Gasteiger partial charge in [0.05, 0.1) is 42.7 Å². The van der Waals surface area contributed by atoms with Gasteiger partial charge in [0.15, 0.2) is 4.80 Å². The van der Waals surface area contributed by atoms with Gasteiger partial charge in [-0.25, -0.2) is 9.79 Å². The zero-order valence-electron chi connectivity index (χ0n) is 20.9. The lowest BCUT2D eigenvalue weighted by atomic mass is 9.93. The van der Waals surface area contributed by atoms with E-state index in [2.05, 4.69) is 45.2 Å². The van der Waals surface area contributed by atoms with Crippen molar-refractivity contribution >= 4 is 74.3 Å². The van der Waals surface area contributed by atoms with Gasteiger partial charge in [-0.1, -0.05) is 53.8 Å². The molecule has 0 saturated heterocycles. The van der Waals surface area contributed by atoms with Crippen molar-refractivity contribution in [2.24, 2.45) is 4.99 Å². The molecule has 198 valence electrons. The average Bonchev–Trinajstić information content (AvgIpc) is 3.25. The van der Waals surface area contributed by atoms with Crippen LogP contribution < -0.4 is 19.6 Å². The first-order valence-corrected chi connectivity index (χ1v) is 14.9. The van der Waals surface area contributed by atoms with Crippen LogP contribution in [0.2, 0.25) is 0 Å². The van der Waals surface area contributed by atoms with Crippen LogP contribution in [-0.4, -0.2) is 29.4 Å². The Kier molecular flexibility index (Phi) is 8.24. The number of nitrogens with zero attached hydrogens (tertiary/aromatic N) is 2. The number of aromatic hydroxyl groups is 1. The van der Waals surface area contributed by atoms with Crippen LogP contribution in [0.15, 0.2) is 82.1 Å². The van der Waals surface area contributed by atoms with Crippen LogP contribution in [0, 0.1) is 7.14 Å². The number of halogens is 2. The molecule has 7 nitrogen and oxygen atoms in total. The minimum Gasteiger partial charge on any atom is -0.506 e. The molecule has 0 spiro atoms. The van der Waals surface area contributed by atoms with Crippen LogP contribution in [-0.2, 0) is 9.53 Å². The van der Waals surface area contributed by atoms with E-state index in [-0.39, 0.29) is 23.5 Å². The summed E-state index contributed by atoms with van der Waals surface area (Å²) < 4.78 is 14.3. The monoisotopic (exact) mass is 764 g/mol. The predicted molar refractivity (Wildman–Crippen MR) is 168 cm³/mol. The third-order valence-electron chi connectivity index (χ3n) is 6.12. The summed E-state index contributed by atoms with van der Waals surface area (Å²) in [5, 5.41) is 10.2. The Bertz CT molecular complexity index is 1770. The van der Waals surface area contributed by atoms with Crippen LogP contribution in [0.3, 0.4) is 0 Å². The summed E-state index contributed by atoms with van der Waals surface area (Å²) in [4.78, 5) is 32.8. The van der Waals surface area contributed by atoms with E-state index in [1.807, 2.05) is 66.7 Å². The zero-order chi connectivity index (χ0) is 27.7. The number of methoxy groups -OCH3 is 1. The Balaban J connectivity index is 1.84. The summed E-state index contributed by atoms with van der Waals surface area (Å²) in [7, 11) is 1.57. The topological polar surface area (TPSA) is 90.1 Å². The second-order valence-corrected chi connectivity index (χ2v) is 11.9. The molecule has 4 aromatic rings. The largest absolute Gasteiger partial charge is 0.506 e. The highest BCUT2D eigenvalue weighted by Gasteiger charge is 2.35. The number of fused-ring (bicyclic) bond motifs is 1. The summed E-state index contributed by atoms with van der Waals surface area (Å²) in [6.45, 7) is 1.93. The summed E-state index contributed by atoms with van der Waals surface area (Å²) >= 11 is 5.38. The maximum absolute atomic E-state index is 14.0. The van der Waals surface area contributed by atoms with Gasteiger partial charge in [0.2, 0.25) is 0 Å². The lowest BCUT2D eigenvalue weighted by Gasteiger charge is -2.26. The Morgan fingerprint density at radius 1 is 1.10 bits per heavy atom. The van der Waals surface area contributed by atoms with Gasteiger partial charge in [-0.3, -0.25) is 9.36 Å². The third kappa shape index (κ3) is 5.41. The number of phenols is 1. The van der Waals surface area contributed by atoms with Gasteiger partial charge in [-0.15, -0.1) is 0 Å². The molecule has 0 bridgehead atoms. The van der Waals surface area contributed by atoms with Gasteiger partial charge in [-0.05, 0) is 93.6 Å². The summed E-state index contributed by atoms with van der Waals surface area (Å²) in [6, 6.07) is 19.6. The maximum atomic E-state index is 14.0. The van der Waals surface area contributed by atoms with E-state index < -0.39 is 12.0 Å². The van der Waals surface area contributed by atoms with Gasteiger partial charge in [-0.2, -0.15) is 0 Å². The fourth-order valence-corrected chi connectivity index (χ4v) is 7.20. The fourth-order valence-electron chi connectivity index (χ4n) is 4.39. The van der Waals surface area contributed by atoms with Crippen molar-refractivity contribution in [3.05, 3.63) is 116 Å². The van der Waals surface area contributed by atoms with Crippen LogP contribution in [0.1, 0.15) is 29.7 Å². The van der Waals surface area contributed by atoms with E-state index in [1.165, 1.54) is 11.3 Å². The quantitative estimate of drug-likeness (QED) is 0.224. The fraction of sp³-hybridized carbons (Fsp3) is 0.138. The summed E-state index contributed by atoms with van der Waals surface area (Å²) in [5.41, 5.74) is 2.68. The summed E-state index contributed by atoms with van der Waals surface area (Å²) in [5.74, 6) is 0.272. The van der Waals surface area contributed by atoms with Gasteiger partial charge in [0, 0.05) is 5.56 Å². The van der Waals surface area contributed by atoms with Gasteiger partial charge in [0.1, 0.15) is 11.5 Å². The number of hydrogen-bond acceptors (Lipinski definition) is 7. The number of aromatic nitrogens is 1. The van der Waals surface area contributed by atoms with Crippen LogP contribution >= 0.6 is 56.5 Å². The van der Waals surface area contributed by atoms with E-state index in [1.54, 1.807) is 24.7 Å². The second-order valence-electron chi connectivity index (χ2n) is 8.54. The number of rotatable bonds is 6. The molecule has 5 rings (SSSR count). The van der Waals surface area contributed by atoms with Crippen molar-refractivity contribution in [1.29, 1.82) is 0 Å². The minimum atomic E-state index is -0.784. The van der Waals surface area contributed by atoms with Crippen molar-refractivity contribution in [3.63, 3.8) is 0 Å². The van der Waals surface area contributed by atoms with Crippen molar-refractivity contribution in [2.45, 2.75) is 13.0 Å². The molecule has 1 aliphatic heterocycles. The molecule has 3 aromatic carbocycles. The molecule has 0 fully saturated rings. The molecule has 2 heterocycles. The minimum absolute atomic E-state index is 0.178. The maximum Gasteiger partial charge on any atom is 0.338 e. The first-order valence-electron chi connectivity index (χ1n) is 11.9. The first-order chi connectivity index (χ1) is 18.8. The molecular weight excluding hydrogens is 742 g/mol. The molecule has 0 saturated carbocycles. The number of phenolic OH excluding ortho intramolecular Hbond substituents is 1. The number of esters is 1. The third-order valence-corrected chi connectivity index (χ3v) is 8.75. The highest BCUT2D eigenvalue weighted by atomic mass is 127. The van der Waals surface area contributed by atoms with E-state index in [9.17, 15) is 14.7 Å². The molecule has 0 amide bonds. The molecule has 0 unspecified atom stereocenters. The number of hydrogen-bond donors (Lipinski definition) is 1. The molecule has 39 heavy (non-hydrogen) atoms. The molecular formula is C29H22I2N2O5S. The Labute approximate surface area is 255 Å². The van der Waals surface area contributed by atoms with Crippen LogP contribution in [0.5, 0.6) is 11.5 Å². The van der Waals surface area contributed by atoms with Crippen LogP contribution in [0.4, 0.5) is 0 Å².